The summed E-state index contributed by atoms with van der Waals surface area (Å²) in [6.45, 7) is 4.00. The fourth-order valence-corrected chi connectivity index (χ4v) is 2.85. The summed E-state index contributed by atoms with van der Waals surface area (Å²) in [5.74, 6) is 0. The van der Waals surface area contributed by atoms with Crippen LogP contribution in [-0.2, 0) is 0 Å². The van der Waals surface area contributed by atoms with Gasteiger partial charge in [0.15, 0.2) is 4.77 Å². The van der Waals surface area contributed by atoms with Crippen molar-refractivity contribution >= 4 is 34.7 Å². The molecule has 3 rings (SSSR count). The lowest BCUT2D eigenvalue weighted by Crippen LogP contribution is -2.21. The van der Waals surface area contributed by atoms with Crippen molar-refractivity contribution in [1.82, 2.24) is 9.55 Å². The van der Waals surface area contributed by atoms with E-state index < -0.39 is 0 Å². The summed E-state index contributed by atoms with van der Waals surface area (Å²) in [5.41, 5.74) is 3.47. The molecule has 1 heterocycles. The van der Waals surface area contributed by atoms with Crippen LogP contribution in [0.1, 0.15) is 11.1 Å². The Balaban J connectivity index is 2.44. The van der Waals surface area contributed by atoms with E-state index in [-0.39, 0.29) is 5.56 Å². The number of H-pyrrole nitrogens is 1. The first-order valence-electron chi connectivity index (χ1n) is 6.50. The monoisotopic (exact) mass is 316 g/mol. The van der Waals surface area contributed by atoms with Crippen LogP contribution in [0.4, 0.5) is 0 Å². The van der Waals surface area contributed by atoms with Crippen molar-refractivity contribution in [2.24, 2.45) is 0 Å². The summed E-state index contributed by atoms with van der Waals surface area (Å²) in [5, 5.41) is 1.13. The van der Waals surface area contributed by atoms with Gasteiger partial charge in [0, 0.05) is 5.02 Å². The third kappa shape index (κ3) is 2.30. The van der Waals surface area contributed by atoms with Crippen molar-refractivity contribution in [1.29, 1.82) is 0 Å². The Morgan fingerprint density at radius 1 is 1.19 bits per heavy atom. The van der Waals surface area contributed by atoms with Gasteiger partial charge in [-0.25, -0.2) is 0 Å². The zero-order valence-corrected chi connectivity index (χ0v) is 13.2. The molecule has 5 heteroatoms. The van der Waals surface area contributed by atoms with Gasteiger partial charge in [0.05, 0.1) is 16.6 Å². The number of rotatable bonds is 1. The second kappa shape index (κ2) is 5.13. The van der Waals surface area contributed by atoms with E-state index in [1.165, 1.54) is 4.57 Å². The van der Waals surface area contributed by atoms with Gasteiger partial charge in [0.1, 0.15) is 0 Å². The number of hydrogen-bond acceptors (Lipinski definition) is 2. The van der Waals surface area contributed by atoms with Crippen molar-refractivity contribution < 1.29 is 0 Å². The van der Waals surface area contributed by atoms with Crippen LogP contribution in [0.25, 0.3) is 16.6 Å². The number of fused-ring (bicyclic) bond motifs is 1. The third-order valence-corrected chi connectivity index (χ3v) is 4.20. The molecule has 0 aliphatic heterocycles. The molecule has 3 nitrogen and oxygen atoms in total. The lowest BCUT2D eigenvalue weighted by atomic mass is 10.1. The van der Waals surface area contributed by atoms with Crippen LogP contribution in [0.15, 0.2) is 41.2 Å². The Hall–Kier alpha value is -1.91. The number of aromatic nitrogens is 2. The average molecular weight is 317 g/mol. The molecule has 0 atom stereocenters. The molecule has 2 aromatic carbocycles. The molecule has 0 aliphatic carbocycles. The number of aromatic amines is 1. The Bertz CT molecular complexity index is 972. The SMILES string of the molecule is Cc1cccc(-n2c(=S)[nH]c3cc(Cl)ccc3c2=O)c1C. The van der Waals surface area contributed by atoms with E-state index in [4.69, 9.17) is 23.8 Å². The predicted octanol–water partition coefficient (Wildman–Crippen LogP) is 4.32. The molecule has 0 saturated carbocycles. The van der Waals surface area contributed by atoms with Gasteiger partial charge in [-0.05, 0) is 61.5 Å². The minimum absolute atomic E-state index is 0.140. The van der Waals surface area contributed by atoms with Crippen LogP contribution in [0.3, 0.4) is 0 Å². The van der Waals surface area contributed by atoms with Crippen LogP contribution in [0, 0.1) is 18.6 Å². The minimum atomic E-state index is -0.140. The molecule has 1 N–H and O–H groups in total. The quantitative estimate of drug-likeness (QED) is 0.679. The molecule has 0 saturated heterocycles. The highest BCUT2D eigenvalue weighted by Crippen LogP contribution is 2.19. The van der Waals surface area contributed by atoms with Crippen LogP contribution >= 0.6 is 23.8 Å². The van der Waals surface area contributed by atoms with E-state index in [0.717, 1.165) is 16.8 Å². The summed E-state index contributed by atoms with van der Waals surface area (Å²) in [4.78, 5) is 15.8. The molecule has 3 aromatic rings. The van der Waals surface area contributed by atoms with Crippen LogP contribution in [0.2, 0.25) is 5.02 Å². The standard InChI is InChI=1S/C16H13ClN2OS/c1-9-4-3-5-14(10(9)2)19-15(20)12-7-6-11(17)8-13(12)18-16(19)21/h3-8H,1-2H3,(H,18,21). The van der Waals surface area contributed by atoms with Crippen molar-refractivity contribution in [2.45, 2.75) is 13.8 Å². The van der Waals surface area contributed by atoms with E-state index in [1.807, 2.05) is 32.0 Å². The van der Waals surface area contributed by atoms with Gasteiger partial charge < -0.3 is 4.98 Å². The minimum Gasteiger partial charge on any atom is -0.331 e. The molecule has 21 heavy (non-hydrogen) atoms. The molecule has 106 valence electrons. The molecular weight excluding hydrogens is 304 g/mol. The fraction of sp³-hybridized carbons (Fsp3) is 0.125. The Morgan fingerprint density at radius 3 is 2.71 bits per heavy atom. The van der Waals surface area contributed by atoms with E-state index >= 15 is 0 Å². The highest BCUT2D eigenvalue weighted by Gasteiger charge is 2.10. The molecular formula is C16H13ClN2OS. The van der Waals surface area contributed by atoms with Crippen molar-refractivity contribution in [3.8, 4) is 5.69 Å². The van der Waals surface area contributed by atoms with Gasteiger partial charge in [0.25, 0.3) is 5.56 Å². The van der Waals surface area contributed by atoms with Crippen molar-refractivity contribution in [3.05, 3.63) is 67.7 Å². The lowest BCUT2D eigenvalue weighted by Gasteiger charge is -2.12. The normalized spacial score (nSPS) is 11.0. The number of nitrogens with one attached hydrogen (secondary N) is 1. The maximum Gasteiger partial charge on any atom is 0.266 e. The first kappa shape index (κ1) is 14.0. The maximum atomic E-state index is 12.8. The maximum absolute atomic E-state index is 12.8. The molecule has 0 spiro atoms. The smallest absolute Gasteiger partial charge is 0.266 e. The lowest BCUT2D eigenvalue weighted by molar-refractivity contribution is 0.928. The fourth-order valence-electron chi connectivity index (χ4n) is 2.39. The van der Waals surface area contributed by atoms with Crippen LogP contribution in [0.5, 0.6) is 0 Å². The summed E-state index contributed by atoms with van der Waals surface area (Å²) in [6.07, 6.45) is 0. The van der Waals surface area contributed by atoms with E-state index in [0.29, 0.717) is 20.7 Å². The molecule has 0 radical (unpaired) electrons. The molecule has 0 aliphatic rings. The highest BCUT2D eigenvalue weighted by molar-refractivity contribution is 7.71. The predicted molar refractivity (Wildman–Crippen MR) is 89.2 cm³/mol. The number of nitrogens with zero attached hydrogens (tertiary/aromatic N) is 1. The first-order valence-corrected chi connectivity index (χ1v) is 7.29. The van der Waals surface area contributed by atoms with Gasteiger partial charge in [-0.15, -0.1) is 0 Å². The highest BCUT2D eigenvalue weighted by atomic mass is 35.5. The topological polar surface area (TPSA) is 37.8 Å². The molecule has 0 fully saturated rings. The molecule has 1 aromatic heterocycles. The number of halogens is 1. The molecule has 0 amide bonds. The Kier molecular flexibility index (Phi) is 3.43. The average Bonchev–Trinajstić information content (AvgIpc) is 2.43. The Morgan fingerprint density at radius 2 is 1.95 bits per heavy atom. The van der Waals surface area contributed by atoms with Crippen molar-refractivity contribution in [3.63, 3.8) is 0 Å². The zero-order chi connectivity index (χ0) is 15.1. The third-order valence-electron chi connectivity index (χ3n) is 3.68. The van der Waals surface area contributed by atoms with Crippen LogP contribution in [-0.4, -0.2) is 9.55 Å². The summed E-state index contributed by atoms with van der Waals surface area (Å²) in [6, 6.07) is 11.0. The number of hydrogen-bond donors (Lipinski definition) is 1. The van der Waals surface area contributed by atoms with Crippen molar-refractivity contribution in [2.75, 3.05) is 0 Å². The summed E-state index contributed by atoms with van der Waals surface area (Å²) in [7, 11) is 0. The van der Waals surface area contributed by atoms with Gasteiger partial charge in [0.2, 0.25) is 0 Å². The number of benzene rings is 2. The van der Waals surface area contributed by atoms with Gasteiger partial charge in [-0.2, -0.15) is 0 Å². The summed E-state index contributed by atoms with van der Waals surface area (Å²) < 4.78 is 1.90. The van der Waals surface area contributed by atoms with Gasteiger partial charge in [-0.3, -0.25) is 9.36 Å². The van der Waals surface area contributed by atoms with Crippen LogP contribution < -0.4 is 5.56 Å². The largest absolute Gasteiger partial charge is 0.331 e. The second-order valence-electron chi connectivity index (χ2n) is 4.98. The van der Waals surface area contributed by atoms with E-state index in [2.05, 4.69) is 4.98 Å². The zero-order valence-electron chi connectivity index (χ0n) is 11.6. The van der Waals surface area contributed by atoms with Gasteiger partial charge in [-0.1, -0.05) is 23.7 Å². The van der Waals surface area contributed by atoms with Gasteiger partial charge >= 0.3 is 0 Å². The Labute approximate surface area is 131 Å². The number of aryl methyl sites for hydroxylation is 1. The van der Waals surface area contributed by atoms with E-state index in [9.17, 15) is 4.79 Å². The summed E-state index contributed by atoms with van der Waals surface area (Å²) >= 11 is 11.3. The molecule has 0 bridgehead atoms. The molecule has 0 unspecified atom stereocenters. The first-order chi connectivity index (χ1) is 9.99. The van der Waals surface area contributed by atoms with E-state index in [1.54, 1.807) is 18.2 Å². The second-order valence-corrected chi connectivity index (χ2v) is 5.80.